The Balaban J connectivity index is 1.65. The first-order valence-corrected chi connectivity index (χ1v) is 7.97. The zero-order chi connectivity index (χ0) is 18.1. The number of para-hydroxylation sites is 1. The predicted molar refractivity (Wildman–Crippen MR) is 93.8 cm³/mol. The second kappa shape index (κ2) is 6.36. The molecule has 0 fully saturated rings. The van der Waals surface area contributed by atoms with Crippen LogP contribution in [0.15, 0.2) is 53.4 Å². The molecule has 0 saturated carbocycles. The molecule has 0 unspecified atom stereocenters. The molecule has 0 aliphatic rings. The highest BCUT2D eigenvalue weighted by atomic mass is 16.5. The minimum Gasteiger partial charge on any atom is -0.504 e. The van der Waals surface area contributed by atoms with Crippen molar-refractivity contribution in [2.75, 3.05) is 11.9 Å². The van der Waals surface area contributed by atoms with Crippen molar-refractivity contribution in [3.63, 3.8) is 0 Å². The molecule has 1 aromatic carbocycles. The van der Waals surface area contributed by atoms with Crippen LogP contribution < -0.4 is 4.90 Å². The van der Waals surface area contributed by atoms with Gasteiger partial charge in [0, 0.05) is 20.2 Å². The van der Waals surface area contributed by atoms with Crippen LogP contribution in [-0.4, -0.2) is 41.9 Å². The smallest absolute Gasteiger partial charge is 0.227 e. The Morgan fingerprint density at radius 2 is 1.96 bits per heavy atom. The molecule has 0 saturated heterocycles. The summed E-state index contributed by atoms with van der Waals surface area (Å²) in [5.41, 5.74) is 2.00. The van der Waals surface area contributed by atoms with E-state index in [1.807, 2.05) is 49.3 Å². The highest BCUT2D eigenvalue weighted by Crippen LogP contribution is 2.29. The molecule has 0 atom stereocenters. The summed E-state index contributed by atoms with van der Waals surface area (Å²) in [5.74, 6) is 1.13. The molecule has 0 bridgehead atoms. The number of benzene rings is 1. The van der Waals surface area contributed by atoms with Gasteiger partial charge < -0.3 is 14.5 Å². The van der Waals surface area contributed by atoms with Crippen molar-refractivity contribution in [1.29, 1.82) is 0 Å². The molecule has 0 aliphatic carbocycles. The second-order valence-electron chi connectivity index (χ2n) is 5.87. The molecule has 0 radical (unpaired) electrons. The summed E-state index contributed by atoms with van der Waals surface area (Å²) in [6.07, 6.45) is 3.08. The number of hydrogen-bond donors (Lipinski definition) is 1. The van der Waals surface area contributed by atoms with E-state index in [1.54, 1.807) is 21.5 Å². The van der Waals surface area contributed by atoms with E-state index < -0.39 is 0 Å². The first-order chi connectivity index (χ1) is 12.6. The number of rotatable bonds is 5. The fourth-order valence-corrected chi connectivity index (χ4v) is 2.73. The van der Waals surface area contributed by atoms with Gasteiger partial charge in [-0.05, 0) is 12.1 Å². The number of anilines is 1. The van der Waals surface area contributed by atoms with Gasteiger partial charge in [-0.3, -0.25) is 4.57 Å². The summed E-state index contributed by atoms with van der Waals surface area (Å²) < 4.78 is 8.24. The van der Waals surface area contributed by atoms with E-state index in [-0.39, 0.29) is 5.75 Å². The molecule has 1 N–H and O–H groups in total. The summed E-state index contributed by atoms with van der Waals surface area (Å²) in [7, 11) is 3.70. The number of aromatic nitrogens is 6. The topological polar surface area (TPSA) is 98.0 Å². The zero-order valence-corrected chi connectivity index (χ0v) is 14.3. The summed E-state index contributed by atoms with van der Waals surface area (Å²) in [5, 5.41) is 27.1. The average Bonchev–Trinajstić information content (AvgIpc) is 3.36. The van der Waals surface area contributed by atoms with Crippen molar-refractivity contribution in [2.45, 2.75) is 6.54 Å². The van der Waals surface area contributed by atoms with E-state index >= 15 is 0 Å². The van der Waals surface area contributed by atoms with Crippen LogP contribution in [0.4, 0.5) is 5.95 Å². The van der Waals surface area contributed by atoms with Crippen LogP contribution in [-0.2, 0) is 13.6 Å². The largest absolute Gasteiger partial charge is 0.504 e. The lowest BCUT2D eigenvalue weighted by Crippen LogP contribution is -2.20. The molecular weight excluding hydrogens is 334 g/mol. The van der Waals surface area contributed by atoms with Gasteiger partial charge in [-0.1, -0.05) is 23.4 Å². The molecule has 9 heteroatoms. The Kier molecular flexibility index (Phi) is 3.88. The van der Waals surface area contributed by atoms with Crippen molar-refractivity contribution in [3.8, 4) is 23.0 Å². The minimum absolute atomic E-state index is 0.0371. The van der Waals surface area contributed by atoms with Gasteiger partial charge in [-0.25, -0.2) is 4.68 Å². The molecule has 4 rings (SSSR count). The third-order valence-corrected chi connectivity index (χ3v) is 4.01. The molecular formula is C17H17N7O2. The maximum absolute atomic E-state index is 10.3. The Morgan fingerprint density at radius 3 is 2.69 bits per heavy atom. The van der Waals surface area contributed by atoms with Crippen LogP contribution in [0.5, 0.6) is 5.75 Å². The van der Waals surface area contributed by atoms with Crippen molar-refractivity contribution < 1.29 is 9.63 Å². The van der Waals surface area contributed by atoms with Crippen LogP contribution in [0.25, 0.3) is 17.2 Å². The summed E-state index contributed by atoms with van der Waals surface area (Å²) >= 11 is 0. The van der Waals surface area contributed by atoms with Crippen molar-refractivity contribution in [3.05, 3.63) is 54.6 Å². The fraction of sp³-hybridized carbons (Fsp3) is 0.176. The van der Waals surface area contributed by atoms with Gasteiger partial charge in [0.25, 0.3) is 0 Å². The van der Waals surface area contributed by atoms with Gasteiger partial charge in [-0.15, -0.1) is 10.2 Å². The Labute approximate surface area is 149 Å². The zero-order valence-electron chi connectivity index (χ0n) is 14.3. The van der Waals surface area contributed by atoms with Crippen molar-refractivity contribution >= 4 is 5.95 Å². The van der Waals surface area contributed by atoms with Gasteiger partial charge in [-0.2, -0.15) is 5.10 Å². The van der Waals surface area contributed by atoms with Crippen LogP contribution in [0, 0.1) is 0 Å². The first kappa shape index (κ1) is 15.9. The third kappa shape index (κ3) is 2.79. The van der Waals surface area contributed by atoms with Crippen LogP contribution in [0.1, 0.15) is 5.69 Å². The van der Waals surface area contributed by atoms with E-state index in [2.05, 4.69) is 20.5 Å². The highest BCUT2D eigenvalue weighted by molar-refractivity contribution is 5.60. The third-order valence-electron chi connectivity index (χ3n) is 4.01. The van der Waals surface area contributed by atoms with Crippen LogP contribution in [0.3, 0.4) is 0 Å². The van der Waals surface area contributed by atoms with Gasteiger partial charge in [0.05, 0.1) is 18.4 Å². The summed E-state index contributed by atoms with van der Waals surface area (Å²) in [6, 6.07) is 11.3. The Morgan fingerprint density at radius 1 is 1.15 bits per heavy atom. The summed E-state index contributed by atoms with van der Waals surface area (Å²) in [4.78, 5) is 1.89. The minimum atomic E-state index is 0.0371. The SMILES string of the molecule is CN(Cc1ccon1)c1nnc(-c2nn(-c3ccccc3)cc2O)n1C. The average molecular weight is 351 g/mol. The van der Waals surface area contributed by atoms with Gasteiger partial charge >= 0.3 is 0 Å². The molecule has 4 aromatic rings. The lowest BCUT2D eigenvalue weighted by molar-refractivity contribution is 0.411. The molecule has 26 heavy (non-hydrogen) atoms. The van der Waals surface area contributed by atoms with Crippen LogP contribution in [0.2, 0.25) is 0 Å². The Bertz CT molecular complexity index is 1010. The van der Waals surface area contributed by atoms with Gasteiger partial charge in [0.1, 0.15) is 12.0 Å². The monoisotopic (exact) mass is 351 g/mol. The number of nitrogens with zero attached hydrogens (tertiary/aromatic N) is 7. The lowest BCUT2D eigenvalue weighted by atomic mass is 10.3. The normalized spacial score (nSPS) is 11.0. The molecule has 0 aliphatic heterocycles. The standard InChI is InChI=1S/C17H17N7O2/c1-22(10-12-8-9-26-21-12)17-19-18-16(23(17)2)15-14(25)11-24(20-15)13-6-4-3-5-7-13/h3-9,11,25H,10H2,1-2H3. The van der Waals surface area contributed by atoms with E-state index in [0.717, 1.165) is 11.4 Å². The predicted octanol–water partition coefficient (Wildman–Crippen LogP) is 2.00. The quantitative estimate of drug-likeness (QED) is 0.587. The second-order valence-corrected chi connectivity index (χ2v) is 5.87. The molecule has 132 valence electrons. The lowest BCUT2D eigenvalue weighted by Gasteiger charge is -2.15. The molecule has 0 amide bonds. The van der Waals surface area contributed by atoms with E-state index in [0.29, 0.717) is 24.0 Å². The van der Waals surface area contributed by atoms with E-state index in [1.165, 1.54) is 6.26 Å². The molecule has 3 aromatic heterocycles. The fourth-order valence-electron chi connectivity index (χ4n) is 2.73. The molecule has 9 nitrogen and oxygen atoms in total. The number of aromatic hydroxyl groups is 1. The van der Waals surface area contributed by atoms with Gasteiger partial charge in [0.15, 0.2) is 17.3 Å². The van der Waals surface area contributed by atoms with E-state index in [9.17, 15) is 5.11 Å². The van der Waals surface area contributed by atoms with E-state index in [4.69, 9.17) is 4.52 Å². The maximum Gasteiger partial charge on any atom is 0.227 e. The maximum atomic E-state index is 10.3. The summed E-state index contributed by atoms with van der Waals surface area (Å²) in [6.45, 7) is 0.521. The first-order valence-electron chi connectivity index (χ1n) is 7.97. The van der Waals surface area contributed by atoms with Crippen molar-refractivity contribution in [2.24, 2.45) is 7.05 Å². The Hall–Kier alpha value is -3.62. The van der Waals surface area contributed by atoms with Gasteiger partial charge in [0.2, 0.25) is 5.95 Å². The van der Waals surface area contributed by atoms with Crippen molar-refractivity contribution in [1.82, 2.24) is 29.7 Å². The van der Waals surface area contributed by atoms with Crippen LogP contribution >= 0.6 is 0 Å². The molecule has 3 heterocycles. The molecule has 0 spiro atoms. The number of hydrogen-bond acceptors (Lipinski definition) is 7. The highest BCUT2D eigenvalue weighted by Gasteiger charge is 2.20.